The predicted molar refractivity (Wildman–Crippen MR) is 164 cm³/mol. The SMILES string of the molecule is [2H]c1c([2H])c([2H])c(-c2cc(-c3ccc(-n4c5ccccc5c5cc6ccccc6cc54)cc3)nc3ccccc23)c([2H])c1[2H]. The molecule has 182 valence electrons. The average molecular weight is 502 g/mol. The van der Waals surface area contributed by atoms with Crippen molar-refractivity contribution >= 4 is 43.5 Å². The highest BCUT2D eigenvalue weighted by molar-refractivity contribution is 6.13. The van der Waals surface area contributed by atoms with E-state index in [0.717, 1.165) is 27.7 Å². The Hall–Kier alpha value is -5.21. The van der Waals surface area contributed by atoms with Crippen LogP contribution in [0.2, 0.25) is 0 Å². The zero-order chi connectivity index (χ0) is 30.1. The first-order chi connectivity index (χ1) is 21.4. The standard InChI is InChI=1S/C37H24N2/c1-2-10-25(11-3-1)32-24-35(38-34-16-8-6-14-30(32)34)26-18-20-29(21-19-26)39-36-17-9-7-15-31(36)33-22-27-12-4-5-13-28(27)23-37(33)39/h1-24H/i1D,2D,3D,10D,11D. The highest BCUT2D eigenvalue weighted by atomic mass is 15.0. The van der Waals surface area contributed by atoms with Crippen molar-refractivity contribution < 1.29 is 6.85 Å². The smallest absolute Gasteiger partial charge is 0.0715 e. The van der Waals surface area contributed by atoms with Gasteiger partial charge in [-0.1, -0.05) is 103 Å². The van der Waals surface area contributed by atoms with E-state index >= 15 is 0 Å². The first-order valence-corrected chi connectivity index (χ1v) is 12.9. The number of hydrogen-bond acceptors (Lipinski definition) is 1. The first kappa shape index (κ1) is 17.3. The van der Waals surface area contributed by atoms with Gasteiger partial charge in [0.1, 0.15) is 0 Å². The highest BCUT2D eigenvalue weighted by Crippen LogP contribution is 2.36. The van der Waals surface area contributed by atoms with E-state index in [1.54, 1.807) is 0 Å². The van der Waals surface area contributed by atoms with Gasteiger partial charge in [0.15, 0.2) is 0 Å². The molecule has 0 aliphatic heterocycles. The van der Waals surface area contributed by atoms with E-state index in [0.29, 0.717) is 16.8 Å². The van der Waals surface area contributed by atoms with Crippen LogP contribution in [-0.2, 0) is 0 Å². The molecule has 0 N–H and O–H groups in total. The molecule has 0 spiro atoms. The number of benzene rings is 6. The molecule has 8 rings (SSSR count). The minimum Gasteiger partial charge on any atom is -0.309 e. The van der Waals surface area contributed by atoms with E-state index in [1.807, 2.05) is 42.5 Å². The predicted octanol–water partition coefficient (Wildman–Crippen LogP) is 9.82. The van der Waals surface area contributed by atoms with Gasteiger partial charge >= 0.3 is 0 Å². The molecule has 0 bridgehead atoms. The van der Waals surface area contributed by atoms with Crippen molar-refractivity contribution in [2.75, 3.05) is 0 Å². The van der Waals surface area contributed by atoms with Gasteiger partial charge in [-0.25, -0.2) is 4.98 Å². The fraction of sp³-hybridized carbons (Fsp3) is 0. The zero-order valence-electron chi connectivity index (χ0n) is 25.9. The summed E-state index contributed by atoms with van der Waals surface area (Å²) in [5, 5.41) is 5.50. The Balaban J connectivity index is 1.31. The second kappa shape index (κ2) is 8.68. The van der Waals surface area contributed by atoms with Gasteiger partial charge in [-0.3, -0.25) is 0 Å². The number of rotatable bonds is 3. The molecule has 0 fully saturated rings. The lowest BCUT2D eigenvalue weighted by Gasteiger charge is -2.12. The van der Waals surface area contributed by atoms with Gasteiger partial charge in [0, 0.05) is 27.4 Å². The number of hydrogen-bond donors (Lipinski definition) is 0. The van der Waals surface area contributed by atoms with E-state index in [2.05, 4.69) is 77.4 Å². The molecule has 0 saturated heterocycles. The molecule has 2 nitrogen and oxygen atoms in total. The van der Waals surface area contributed by atoms with Crippen molar-refractivity contribution in [3.05, 3.63) is 145 Å². The van der Waals surface area contributed by atoms with Gasteiger partial charge < -0.3 is 4.57 Å². The van der Waals surface area contributed by atoms with Crippen molar-refractivity contribution in [1.29, 1.82) is 0 Å². The molecule has 6 aromatic carbocycles. The molecule has 39 heavy (non-hydrogen) atoms. The van der Waals surface area contributed by atoms with Gasteiger partial charge in [-0.2, -0.15) is 0 Å². The molecule has 0 atom stereocenters. The maximum Gasteiger partial charge on any atom is 0.0715 e. The molecular weight excluding hydrogens is 472 g/mol. The molecule has 2 heterocycles. The summed E-state index contributed by atoms with van der Waals surface area (Å²) in [4.78, 5) is 4.92. The molecule has 2 heteroatoms. The molecule has 0 aliphatic carbocycles. The third-order valence-electron chi connectivity index (χ3n) is 7.45. The van der Waals surface area contributed by atoms with Crippen LogP contribution in [0.3, 0.4) is 0 Å². The lowest BCUT2D eigenvalue weighted by Crippen LogP contribution is -1.94. The van der Waals surface area contributed by atoms with Crippen LogP contribution in [0.1, 0.15) is 6.85 Å². The van der Waals surface area contributed by atoms with E-state index in [-0.39, 0.29) is 29.7 Å². The van der Waals surface area contributed by atoms with Crippen molar-refractivity contribution in [2.45, 2.75) is 0 Å². The molecule has 0 amide bonds. The second-order valence-electron chi connectivity index (χ2n) is 9.69. The molecule has 0 saturated carbocycles. The third-order valence-corrected chi connectivity index (χ3v) is 7.45. The number of aromatic nitrogens is 2. The normalized spacial score (nSPS) is 13.4. The van der Waals surface area contributed by atoms with Crippen LogP contribution in [0, 0.1) is 0 Å². The van der Waals surface area contributed by atoms with Gasteiger partial charge in [0.2, 0.25) is 0 Å². The Morgan fingerprint density at radius 2 is 1.23 bits per heavy atom. The topological polar surface area (TPSA) is 17.8 Å². The Morgan fingerprint density at radius 1 is 0.538 bits per heavy atom. The lowest BCUT2D eigenvalue weighted by atomic mass is 9.98. The van der Waals surface area contributed by atoms with Crippen LogP contribution >= 0.6 is 0 Å². The number of pyridine rings is 1. The lowest BCUT2D eigenvalue weighted by molar-refractivity contribution is 1.18. The highest BCUT2D eigenvalue weighted by Gasteiger charge is 2.14. The molecule has 8 aromatic rings. The number of nitrogens with zero attached hydrogens (tertiary/aromatic N) is 2. The quantitative estimate of drug-likeness (QED) is 0.236. The van der Waals surface area contributed by atoms with Gasteiger partial charge in [-0.05, 0) is 64.4 Å². The summed E-state index contributed by atoms with van der Waals surface area (Å²) >= 11 is 0. The van der Waals surface area contributed by atoms with Crippen molar-refractivity contribution in [3.63, 3.8) is 0 Å². The van der Waals surface area contributed by atoms with Gasteiger partial charge in [0.25, 0.3) is 0 Å². The van der Waals surface area contributed by atoms with Crippen molar-refractivity contribution in [3.8, 4) is 28.1 Å². The third kappa shape index (κ3) is 3.53. The largest absolute Gasteiger partial charge is 0.309 e. The molecule has 0 aliphatic rings. The summed E-state index contributed by atoms with van der Waals surface area (Å²) in [6.07, 6.45) is 0. The minimum atomic E-state index is -0.406. The summed E-state index contributed by atoms with van der Waals surface area (Å²) in [5.74, 6) is 0. The summed E-state index contributed by atoms with van der Waals surface area (Å²) in [5.41, 5.74) is 6.20. The van der Waals surface area contributed by atoms with Crippen LogP contribution in [0.5, 0.6) is 0 Å². The van der Waals surface area contributed by atoms with Gasteiger partial charge in [-0.15, -0.1) is 0 Å². The van der Waals surface area contributed by atoms with E-state index in [1.165, 1.54) is 21.5 Å². The first-order valence-electron chi connectivity index (χ1n) is 15.4. The molecule has 0 radical (unpaired) electrons. The van der Waals surface area contributed by atoms with Crippen LogP contribution < -0.4 is 0 Å². The minimum absolute atomic E-state index is 0.171. The summed E-state index contributed by atoms with van der Waals surface area (Å²) < 4.78 is 44.0. The van der Waals surface area contributed by atoms with Crippen molar-refractivity contribution in [1.82, 2.24) is 9.55 Å². The second-order valence-corrected chi connectivity index (χ2v) is 9.69. The molecule has 2 aromatic heterocycles. The van der Waals surface area contributed by atoms with Gasteiger partial charge in [0.05, 0.1) is 29.1 Å². The maximum atomic E-state index is 8.62. The Labute approximate surface area is 233 Å². The van der Waals surface area contributed by atoms with E-state index in [4.69, 9.17) is 11.8 Å². The Morgan fingerprint density at radius 3 is 2.05 bits per heavy atom. The number of fused-ring (bicyclic) bond motifs is 5. The van der Waals surface area contributed by atoms with E-state index in [9.17, 15) is 0 Å². The summed E-state index contributed by atoms with van der Waals surface area (Å²) in [7, 11) is 0. The van der Waals surface area contributed by atoms with E-state index < -0.39 is 6.04 Å². The van der Waals surface area contributed by atoms with Crippen LogP contribution in [0.4, 0.5) is 0 Å². The Bertz CT molecular complexity index is 2420. The maximum absolute atomic E-state index is 8.62. The fourth-order valence-corrected chi connectivity index (χ4v) is 5.63. The molecular formula is C37H24N2. The zero-order valence-corrected chi connectivity index (χ0v) is 20.9. The fourth-order valence-electron chi connectivity index (χ4n) is 5.63. The monoisotopic (exact) mass is 501 g/mol. The average Bonchev–Trinajstić information content (AvgIpc) is 3.38. The van der Waals surface area contributed by atoms with Crippen molar-refractivity contribution in [2.24, 2.45) is 0 Å². The number of para-hydroxylation sites is 2. The van der Waals surface area contributed by atoms with Crippen LogP contribution in [-0.4, -0.2) is 9.55 Å². The van der Waals surface area contributed by atoms with Crippen LogP contribution in [0.25, 0.3) is 71.6 Å². The summed E-state index contributed by atoms with van der Waals surface area (Å²) in [6.45, 7) is 0. The summed E-state index contributed by atoms with van der Waals surface area (Å²) in [6, 6.07) is 37.3. The van der Waals surface area contributed by atoms with Crippen LogP contribution in [0.15, 0.2) is 145 Å². The molecule has 0 unspecified atom stereocenters. The Kier molecular flexibility index (Phi) is 3.86.